The Morgan fingerprint density at radius 3 is 2.88 bits per heavy atom. The minimum absolute atomic E-state index is 0.0140. The molecule has 136 valence electrons. The molecule has 3 rings (SSSR count). The van der Waals surface area contributed by atoms with Gasteiger partial charge in [0, 0.05) is 29.6 Å². The monoisotopic (exact) mass is 373 g/mol. The summed E-state index contributed by atoms with van der Waals surface area (Å²) in [4.78, 5) is 29.6. The van der Waals surface area contributed by atoms with Crippen molar-refractivity contribution in [3.05, 3.63) is 46.5 Å². The number of rotatable bonds is 6. The summed E-state index contributed by atoms with van der Waals surface area (Å²) >= 11 is 1.49. The van der Waals surface area contributed by atoms with Crippen LogP contribution in [0.3, 0.4) is 0 Å². The predicted molar refractivity (Wildman–Crippen MR) is 95.4 cm³/mol. The third-order valence-electron chi connectivity index (χ3n) is 3.74. The van der Waals surface area contributed by atoms with Gasteiger partial charge in [-0.2, -0.15) is 5.10 Å². The van der Waals surface area contributed by atoms with Crippen LogP contribution in [0, 0.1) is 0 Å². The summed E-state index contributed by atoms with van der Waals surface area (Å²) in [7, 11) is 0. The predicted octanol–water partition coefficient (Wildman–Crippen LogP) is 0.0360. The van der Waals surface area contributed by atoms with E-state index in [4.69, 9.17) is 4.74 Å². The first-order valence-electron chi connectivity index (χ1n) is 8.03. The lowest BCUT2D eigenvalue weighted by atomic mass is 10.1. The van der Waals surface area contributed by atoms with Gasteiger partial charge in [-0.3, -0.25) is 4.79 Å². The summed E-state index contributed by atoms with van der Waals surface area (Å²) in [5, 5.41) is 17.5. The standard InChI is InChI=1S/C17H18N4O4S/c22-15(20-18-10-12-3-1-2-4-14(12)16(23)24)9-13-11-26-17(19-13)21-5-7-25-8-6-21/h1-4,10-11H,5-9H2,(H,20,22)(H,23,24)/p-1/b18-10-. The second-order valence-electron chi connectivity index (χ2n) is 5.57. The molecule has 0 atom stereocenters. The second kappa shape index (κ2) is 8.54. The molecule has 0 bridgehead atoms. The van der Waals surface area contributed by atoms with Crippen LogP contribution < -0.4 is 15.4 Å². The lowest BCUT2D eigenvalue weighted by Gasteiger charge is -2.26. The number of hydrazone groups is 1. The molecule has 9 heteroatoms. The molecule has 8 nitrogen and oxygen atoms in total. The Morgan fingerprint density at radius 2 is 2.12 bits per heavy atom. The third kappa shape index (κ3) is 4.64. The highest BCUT2D eigenvalue weighted by Gasteiger charge is 2.15. The lowest BCUT2D eigenvalue weighted by Crippen LogP contribution is -2.36. The van der Waals surface area contributed by atoms with Crippen molar-refractivity contribution in [1.82, 2.24) is 10.4 Å². The summed E-state index contributed by atoms with van der Waals surface area (Å²) in [6.45, 7) is 2.94. The zero-order chi connectivity index (χ0) is 18.4. The van der Waals surface area contributed by atoms with E-state index in [9.17, 15) is 14.7 Å². The largest absolute Gasteiger partial charge is 0.545 e. The molecule has 1 aliphatic heterocycles. The van der Waals surface area contributed by atoms with Crippen LogP contribution in [0.25, 0.3) is 0 Å². The van der Waals surface area contributed by atoms with E-state index in [1.165, 1.54) is 23.6 Å². The summed E-state index contributed by atoms with van der Waals surface area (Å²) in [5.41, 5.74) is 3.42. The topological polar surface area (TPSA) is 107 Å². The molecule has 1 amide bonds. The van der Waals surface area contributed by atoms with Crippen molar-refractivity contribution in [2.24, 2.45) is 5.10 Å². The number of nitrogens with one attached hydrogen (secondary N) is 1. The summed E-state index contributed by atoms with van der Waals surface area (Å²) in [6.07, 6.45) is 1.38. The molecule has 2 aromatic rings. The fourth-order valence-electron chi connectivity index (χ4n) is 2.45. The Bertz CT molecular complexity index is 815. The summed E-state index contributed by atoms with van der Waals surface area (Å²) in [6, 6.07) is 6.27. The highest BCUT2D eigenvalue weighted by molar-refractivity contribution is 7.13. The molecule has 1 fully saturated rings. The van der Waals surface area contributed by atoms with Crippen molar-refractivity contribution in [3.8, 4) is 0 Å². The van der Waals surface area contributed by atoms with Crippen molar-refractivity contribution in [2.45, 2.75) is 6.42 Å². The van der Waals surface area contributed by atoms with Crippen LogP contribution in [-0.2, 0) is 16.0 Å². The van der Waals surface area contributed by atoms with E-state index < -0.39 is 5.97 Å². The number of carbonyl (C=O) groups is 2. The molecule has 0 radical (unpaired) electrons. The normalized spacial score (nSPS) is 14.5. The van der Waals surface area contributed by atoms with Gasteiger partial charge in [-0.15, -0.1) is 11.3 Å². The molecule has 1 N–H and O–H groups in total. The second-order valence-corrected chi connectivity index (χ2v) is 6.40. The number of nitrogens with zero attached hydrogens (tertiary/aromatic N) is 3. The van der Waals surface area contributed by atoms with E-state index in [1.54, 1.807) is 18.2 Å². The van der Waals surface area contributed by atoms with E-state index in [1.807, 2.05) is 5.38 Å². The maximum Gasteiger partial charge on any atom is 0.246 e. The summed E-state index contributed by atoms with van der Waals surface area (Å²) in [5.74, 6) is -1.62. The molecule has 0 aliphatic carbocycles. The molecule has 1 aliphatic rings. The zero-order valence-electron chi connectivity index (χ0n) is 13.9. The maximum absolute atomic E-state index is 12.0. The highest BCUT2D eigenvalue weighted by atomic mass is 32.1. The van der Waals surface area contributed by atoms with Crippen LogP contribution in [0.2, 0.25) is 0 Å². The number of hydrogen-bond acceptors (Lipinski definition) is 8. The van der Waals surface area contributed by atoms with Gasteiger partial charge in [-0.1, -0.05) is 24.3 Å². The Labute approximate surface area is 154 Å². The number of aromatic nitrogens is 1. The third-order valence-corrected chi connectivity index (χ3v) is 4.69. The van der Waals surface area contributed by atoms with E-state index in [0.717, 1.165) is 18.2 Å². The van der Waals surface area contributed by atoms with Crippen molar-refractivity contribution >= 4 is 34.6 Å². The molecule has 1 saturated heterocycles. The SMILES string of the molecule is O=C(Cc1csc(N2CCOCC2)n1)N/N=C\c1ccccc1C(=O)[O-]. The molecule has 0 saturated carbocycles. The summed E-state index contributed by atoms with van der Waals surface area (Å²) < 4.78 is 5.31. The lowest BCUT2D eigenvalue weighted by molar-refractivity contribution is -0.255. The molecule has 0 unspecified atom stereocenters. The number of anilines is 1. The number of carbonyl (C=O) groups excluding carboxylic acids is 2. The van der Waals surface area contributed by atoms with Crippen LogP contribution in [0.4, 0.5) is 5.13 Å². The van der Waals surface area contributed by atoms with Gasteiger partial charge < -0.3 is 19.5 Å². The number of aromatic carboxylic acids is 1. The van der Waals surface area contributed by atoms with Gasteiger partial charge in [0.2, 0.25) is 5.91 Å². The van der Waals surface area contributed by atoms with Gasteiger partial charge >= 0.3 is 0 Å². The number of benzene rings is 1. The van der Waals surface area contributed by atoms with Crippen LogP contribution in [-0.4, -0.2) is 49.4 Å². The Balaban J connectivity index is 1.55. The fourth-order valence-corrected chi connectivity index (χ4v) is 3.33. The number of carboxylic acids is 1. The van der Waals surface area contributed by atoms with E-state index in [-0.39, 0.29) is 17.9 Å². The van der Waals surface area contributed by atoms with E-state index >= 15 is 0 Å². The minimum atomic E-state index is -1.29. The van der Waals surface area contributed by atoms with Gasteiger partial charge in [0.25, 0.3) is 0 Å². The van der Waals surface area contributed by atoms with Crippen LogP contribution in [0.15, 0.2) is 34.7 Å². The van der Waals surface area contributed by atoms with E-state index in [0.29, 0.717) is 24.5 Å². The maximum atomic E-state index is 12.0. The minimum Gasteiger partial charge on any atom is -0.545 e. The van der Waals surface area contributed by atoms with Crippen molar-refractivity contribution in [2.75, 3.05) is 31.2 Å². The van der Waals surface area contributed by atoms with Gasteiger partial charge in [-0.25, -0.2) is 10.4 Å². The zero-order valence-corrected chi connectivity index (χ0v) is 14.7. The first-order chi connectivity index (χ1) is 12.6. The van der Waals surface area contributed by atoms with Crippen molar-refractivity contribution < 1.29 is 19.4 Å². The van der Waals surface area contributed by atoms with Crippen LogP contribution in [0.1, 0.15) is 21.6 Å². The van der Waals surface area contributed by atoms with Crippen molar-refractivity contribution in [3.63, 3.8) is 0 Å². The van der Waals surface area contributed by atoms with Crippen LogP contribution in [0.5, 0.6) is 0 Å². The van der Waals surface area contributed by atoms with Gasteiger partial charge in [-0.05, 0) is 0 Å². The average Bonchev–Trinajstić information content (AvgIpc) is 3.11. The number of hydrogen-bond donors (Lipinski definition) is 1. The first kappa shape index (κ1) is 18.0. The Hall–Kier alpha value is -2.78. The molecular formula is C17H17N4O4S-. The molecule has 0 spiro atoms. The van der Waals surface area contributed by atoms with Gasteiger partial charge in [0.15, 0.2) is 5.13 Å². The number of carboxylic acid groups (broad SMARTS) is 1. The number of amides is 1. The molecule has 2 heterocycles. The van der Waals surface area contributed by atoms with Gasteiger partial charge in [0.05, 0.1) is 37.5 Å². The van der Waals surface area contributed by atoms with Crippen LogP contribution >= 0.6 is 11.3 Å². The number of ether oxygens (including phenoxy) is 1. The van der Waals surface area contributed by atoms with Gasteiger partial charge in [0.1, 0.15) is 0 Å². The number of thiazole rings is 1. The Kier molecular flexibility index (Phi) is 5.92. The Morgan fingerprint density at radius 1 is 1.35 bits per heavy atom. The average molecular weight is 373 g/mol. The molecule has 1 aromatic carbocycles. The first-order valence-corrected chi connectivity index (χ1v) is 8.91. The highest BCUT2D eigenvalue weighted by Crippen LogP contribution is 2.21. The molecule has 26 heavy (non-hydrogen) atoms. The molecular weight excluding hydrogens is 356 g/mol. The smallest absolute Gasteiger partial charge is 0.246 e. The number of morpholine rings is 1. The fraction of sp³-hybridized carbons (Fsp3) is 0.294. The van der Waals surface area contributed by atoms with E-state index in [2.05, 4.69) is 20.4 Å². The quantitative estimate of drug-likeness (QED) is 0.566. The van der Waals surface area contributed by atoms with Crippen molar-refractivity contribution in [1.29, 1.82) is 0 Å². The molecule has 1 aromatic heterocycles.